The lowest BCUT2D eigenvalue weighted by molar-refractivity contribution is -0.141. The fraction of sp³-hybridized carbons (Fsp3) is 0.312. The zero-order chi connectivity index (χ0) is 15.0. The maximum absolute atomic E-state index is 12.7. The number of aryl methyl sites for hydroxylation is 1. The number of carbonyl (C=O) groups is 2. The van der Waals surface area contributed by atoms with Gasteiger partial charge in [0.05, 0.1) is 11.1 Å². The zero-order valence-corrected chi connectivity index (χ0v) is 11.7. The van der Waals surface area contributed by atoms with E-state index in [4.69, 9.17) is 0 Å². The van der Waals surface area contributed by atoms with Crippen LogP contribution in [-0.4, -0.2) is 39.5 Å². The van der Waals surface area contributed by atoms with Gasteiger partial charge in [0.25, 0.3) is 5.91 Å². The predicted molar refractivity (Wildman–Crippen MR) is 78.2 cm³/mol. The minimum Gasteiger partial charge on any atom is -0.480 e. The Labute approximate surface area is 122 Å². The van der Waals surface area contributed by atoms with Crippen LogP contribution in [0, 0.1) is 6.92 Å². The van der Waals surface area contributed by atoms with Crippen LogP contribution in [0.25, 0.3) is 10.9 Å². The summed E-state index contributed by atoms with van der Waals surface area (Å²) in [5.74, 6) is -1.19. The first-order valence-electron chi connectivity index (χ1n) is 6.98. The molecule has 0 saturated carbocycles. The molecule has 1 aromatic carbocycles. The molecule has 1 saturated heterocycles. The second-order valence-corrected chi connectivity index (χ2v) is 5.32. The monoisotopic (exact) mass is 284 g/mol. The first kappa shape index (κ1) is 13.5. The number of carboxylic acid groups (broad SMARTS) is 1. The molecule has 1 aliphatic rings. The number of carboxylic acids is 1. The van der Waals surface area contributed by atoms with Crippen molar-refractivity contribution in [2.75, 3.05) is 6.54 Å². The van der Waals surface area contributed by atoms with Crippen LogP contribution in [0.2, 0.25) is 0 Å². The topological polar surface area (TPSA) is 70.5 Å². The molecule has 0 spiro atoms. The number of aromatic nitrogens is 1. The van der Waals surface area contributed by atoms with Crippen molar-refractivity contribution in [3.63, 3.8) is 0 Å². The molecule has 0 radical (unpaired) electrons. The largest absolute Gasteiger partial charge is 0.480 e. The molecule has 1 unspecified atom stereocenters. The highest BCUT2D eigenvalue weighted by molar-refractivity contribution is 6.06. The summed E-state index contributed by atoms with van der Waals surface area (Å²) < 4.78 is 0. The fourth-order valence-corrected chi connectivity index (χ4v) is 2.84. The van der Waals surface area contributed by atoms with E-state index in [0.717, 1.165) is 17.5 Å². The zero-order valence-electron chi connectivity index (χ0n) is 11.7. The minimum absolute atomic E-state index is 0.247. The van der Waals surface area contributed by atoms with Crippen molar-refractivity contribution in [1.29, 1.82) is 0 Å². The number of hydrogen-bond donors (Lipinski definition) is 1. The van der Waals surface area contributed by atoms with Gasteiger partial charge >= 0.3 is 5.97 Å². The number of aliphatic carboxylic acids is 1. The average Bonchev–Trinajstić information content (AvgIpc) is 2.95. The Hall–Kier alpha value is -2.43. The molecule has 0 aliphatic carbocycles. The van der Waals surface area contributed by atoms with Crippen LogP contribution in [0.1, 0.15) is 28.9 Å². The Kier molecular flexibility index (Phi) is 3.33. The van der Waals surface area contributed by atoms with Crippen molar-refractivity contribution in [2.24, 2.45) is 0 Å². The highest BCUT2D eigenvalue weighted by Crippen LogP contribution is 2.24. The molecule has 1 atom stereocenters. The van der Waals surface area contributed by atoms with Gasteiger partial charge in [0.1, 0.15) is 6.04 Å². The average molecular weight is 284 g/mol. The summed E-state index contributed by atoms with van der Waals surface area (Å²) >= 11 is 0. The molecular formula is C16H16N2O3. The first-order chi connectivity index (χ1) is 10.1. The van der Waals surface area contributed by atoms with Gasteiger partial charge in [0.2, 0.25) is 0 Å². The normalized spacial score (nSPS) is 18.1. The van der Waals surface area contributed by atoms with E-state index >= 15 is 0 Å². The lowest BCUT2D eigenvalue weighted by Gasteiger charge is -2.22. The summed E-state index contributed by atoms with van der Waals surface area (Å²) in [5, 5.41) is 10.1. The Morgan fingerprint density at radius 2 is 2.10 bits per heavy atom. The summed E-state index contributed by atoms with van der Waals surface area (Å²) in [4.78, 5) is 29.9. The van der Waals surface area contributed by atoms with E-state index in [1.165, 1.54) is 4.90 Å². The molecule has 5 heteroatoms. The van der Waals surface area contributed by atoms with Crippen molar-refractivity contribution >= 4 is 22.8 Å². The van der Waals surface area contributed by atoms with Crippen molar-refractivity contribution in [3.05, 3.63) is 41.6 Å². The molecule has 3 rings (SSSR count). The maximum Gasteiger partial charge on any atom is 0.326 e. The number of fused-ring (bicyclic) bond motifs is 1. The van der Waals surface area contributed by atoms with Gasteiger partial charge < -0.3 is 10.0 Å². The lowest BCUT2D eigenvalue weighted by Crippen LogP contribution is -2.40. The van der Waals surface area contributed by atoms with Gasteiger partial charge in [0, 0.05) is 17.6 Å². The number of rotatable bonds is 2. The summed E-state index contributed by atoms with van der Waals surface area (Å²) in [6.45, 7) is 2.36. The molecule has 2 heterocycles. The molecule has 2 aromatic rings. The van der Waals surface area contributed by atoms with Crippen molar-refractivity contribution in [2.45, 2.75) is 25.8 Å². The molecule has 5 nitrogen and oxygen atoms in total. The minimum atomic E-state index is -0.940. The van der Waals surface area contributed by atoms with Gasteiger partial charge in [-0.2, -0.15) is 0 Å². The van der Waals surface area contributed by atoms with Crippen LogP contribution in [0.15, 0.2) is 30.3 Å². The standard InChI is InChI=1S/C16H16N2O3/c1-10-7-8-11-4-2-5-12(14(11)17-10)15(19)18-9-3-6-13(18)16(20)21/h2,4-5,7-8,13H,3,6,9H2,1H3,(H,20,21). The Balaban J connectivity index is 2.06. The highest BCUT2D eigenvalue weighted by atomic mass is 16.4. The first-order valence-corrected chi connectivity index (χ1v) is 6.98. The van der Waals surface area contributed by atoms with E-state index in [2.05, 4.69) is 4.98 Å². The maximum atomic E-state index is 12.7. The number of hydrogen-bond acceptors (Lipinski definition) is 3. The van der Waals surface area contributed by atoms with Gasteiger partial charge in [-0.25, -0.2) is 4.79 Å². The fourth-order valence-electron chi connectivity index (χ4n) is 2.84. The number of amides is 1. The molecular weight excluding hydrogens is 268 g/mol. The molecule has 108 valence electrons. The third-order valence-electron chi connectivity index (χ3n) is 3.89. The number of pyridine rings is 1. The van der Waals surface area contributed by atoms with Crippen molar-refractivity contribution < 1.29 is 14.7 Å². The molecule has 21 heavy (non-hydrogen) atoms. The molecule has 1 fully saturated rings. The molecule has 1 amide bonds. The second-order valence-electron chi connectivity index (χ2n) is 5.32. The summed E-state index contributed by atoms with van der Waals surface area (Å²) in [6, 6.07) is 8.52. The lowest BCUT2D eigenvalue weighted by atomic mass is 10.1. The molecule has 1 aromatic heterocycles. The van der Waals surface area contributed by atoms with Gasteiger partial charge in [0.15, 0.2) is 0 Å². The smallest absolute Gasteiger partial charge is 0.326 e. The van der Waals surface area contributed by atoms with Gasteiger partial charge in [-0.3, -0.25) is 9.78 Å². The third kappa shape index (κ3) is 2.35. The Morgan fingerprint density at radius 3 is 2.86 bits per heavy atom. The van der Waals surface area contributed by atoms with Gasteiger partial charge in [-0.1, -0.05) is 18.2 Å². The quantitative estimate of drug-likeness (QED) is 0.918. The van der Waals surface area contributed by atoms with Gasteiger partial charge in [-0.15, -0.1) is 0 Å². The summed E-state index contributed by atoms with van der Waals surface area (Å²) in [6.07, 6.45) is 1.23. The van der Waals surface area contributed by atoms with Crippen LogP contribution >= 0.6 is 0 Å². The second kappa shape index (κ2) is 5.16. The van der Waals surface area contributed by atoms with E-state index in [9.17, 15) is 14.7 Å². The van der Waals surface area contributed by atoms with Gasteiger partial charge in [-0.05, 0) is 31.9 Å². The van der Waals surface area contributed by atoms with Crippen LogP contribution in [0.4, 0.5) is 0 Å². The SMILES string of the molecule is Cc1ccc2cccc(C(=O)N3CCCC3C(=O)O)c2n1. The van der Waals surface area contributed by atoms with Crippen LogP contribution in [-0.2, 0) is 4.79 Å². The van der Waals surface area contributed by atoms with Crippen molar-refractivity contribution in [1.82, 2.24) is 9.88 Å². The predicted octanol–water partition coefficient (Wildman–Crippen LogP) is 2.23. The summed E-state index contributed by atoms with van der Waals surface area (Å²) in [7, 11) is 0. The Bertz CT molecular complexity index is 727. The third-order valence-corrected chi connectivity index (χ3v) is 3.89. The van der Waals surface area contributed by atoms with E-state index in [1.54, 1.807) is 12.1 Å². The van der Waals surface area contributed by atoms with E-state index < -0.39 is 12.0 Å². The van der Waals surface area contributed by atoms with E-state index in [0.29, 0.717) is 24.0 Å². The number of para-hydroxylation sites is 1. The Morgan fingerprint density at radius 1 is 1.29 bits per heavy atom. The number of likely N-dealkylation sites (tertiary alicyclic amines) is 1. The molecule has 1 N–H and O–H groups in total. The number of carbonyl (C=O) groups excluding carboxylic acids is 1. The van der Waals surface area contributed by atoms with E-state index in [1.807, 2.05) is 25.1 Å². The van der Waals surface area contributed by atoms with E-state index in [-0.39, 0.29) is 5.91 Å². The van der Waals surface area contributed by atoms with Crippen LogP contribution in [0.3, 0.4) is 0 Å². The van der Waals surface area contributed by atoms with Crippen molar-refractivity contribution in [3.8, 4) is 0 Å². The molecule has 1 aliphatic heterocycles. The number of nitrogens with zero attached hydrogens (tertiary/aromatic N) is 2. The highest BCUT2D eigenvalue weighted by Gasteiger charge is 2.35. The van der Waals surface area contributed by atoms with Crippen LogP contribution < -0.4 is 0 Å². The van der Waals surface area contributed by atoms with Crippen LogP contribution in [0.5, 0.6) is 0 Å². The molecule has 0 bridgehead atoms. The number of benzene rings is 1. The summed E-state index contributed by atoms with van der Waals surface area (Å²) in [5.41, 5.74) is 1.95.